The fourth-order valence-electron chi connectivity index (χ4n) is 2.91. The number of thioether (sulfide) groups is 1. The Morgan fingerprint density at radius 3 is 2.96 bits per heavy atom. The highest BCUT2D eigenvalue weighted by Gasteiger charge is 2.30. The first kappa shape index (κ1) is 17.6. The van der Waals surface area contributed by atoms with E-state index in [1.54, 1.807) is 11.8 Å². The number of nitrogens with zero attached hydrogens (tertiary/aromatic N) is 1. The quantitative estimate of drug-likeness (QED) is 0.769. The summed E-state index contributed by atoms with van der Waals surface area (Å²) in [6.45, 7) is 1.28. The molecule has 0 aromatic heterocycles. The zero-order valence-electron chi connectivity index (χ0n) is 13.7. The van der Waals surface area contributed by atoms with Crippen LogP contribution in [0.2, 0.25) is 5.02 Å². The van der Waals surface area contributed by atoms with Gasteiger partial charge in [-0.15, -0.1) is 0 Å². The Morgan fingerprint density at radius 1 is 1.38 bits per heavy atom. The Balaban J connectivity index is 1.38. The molecular weight excluding hydrogens is 344 g/mol. The lowest BCUT2D eigenvalue weighted by Gasteiger charge is -2.17. The third-order valence-corrected chi connectivity index (χ3v) is 5.83. The zero-order valence-corrected chi connectivity index (χ0v) is 15.2. The van der Waals surface area contributed by atoms with E-state index in [1.807, 2.05) is 29.2 Å². The number of rotatable bonds is 8. The van der Waals surface area contributed by atoms with Crippen LogP contribution in [0, 0.1) is 5.92 Å². The number of nitrogens with one attached hydrogen (secondary N) is 1. The minimum Gasteiger partial charge on any atom is -0.350 e. The third kappa shape index (κ3) is 5.42. The molecule has 1 aromatic rings. The van der Waals surface area contributed by atoms with Crippen LogP contribution in [0.15, 0.2) is 24.3 Å². The van der Waals surface area contributed by atoms with Gasteiger partial charge in [0.05, 0.1) is 11.8 Å². The molecule has 1 aliphatic heterocycles. The molecule has 1 saturated heterocycles. The monoisotopic (exact) mass is 366 g/mol. The minimum absolute atomic E-state index is 0.0501. The predicted molar refractivity (Wildman–Crippen MR) is 98.3 cm³/mol. The van der Waals surface area contributed by atoms with Crippen molar-refractivity contribution < 1.29 is 9.59 Å². The highest BCUT2D eigenvalue weighted by atomic mass is 35.5. The van der Waals surface area contributed by atoms with E-state index in [-0.39, 0.29) is 17.9 Å². The van der Waals surface area contributed by atoms with Crippen LogP contribution in [0.3, 0.4) is 0 Å². The van der Waals surface area contributed by atoms with Crippen LogP contribution in [0.25, 0.3) is 0 Å². The second kappa shape index (κ2) is 8.26. The normalized spacial score (nSPS) is 20.5. The molecule has 2 fully saturated rings. The van der Waals surface area contributed by atoms with Gasteiger partial charge < -0.3 is 10.2 Å². The van der Waals surface area contributed by atoms with Gasteiger partial charge in [-0.05, 0) is 48.6 Å². The molecule has 2 aliphatic rings. The lowest BCUT2D eigenvalue weighted by atomic mass is 10.1. The van der Waals surface area contributed by atoms with E-state index < -0.39 is 0 Å². The second-order valence-electron chi connectivity index (χ2n) is 6.65. The van der Waals surface area contributed by atoms with Gasteiger partial charge in [-0.2, -0.15) is 11.8 Å². The summed E-state index contributed by atoms with van der Waals surface area (Å²) in [4.78, 5) is 25.9. The third-order valence-electron chi connectivity index (χ3n) is 4.42. The molecule has 0 bridgehead atoms. The summed E-state index contributed by atoms with van der Waals surface area (Å²) in [6, 6.07) is 7.66. The Bertz CT molecular complexity index is 606. The Morgan fingerprint density at radius 2 is 2.21 bits per heavy atom. The van der Waals surface area contributed by atoms with Crippen molar-refractivity contribution in [2.75, 3.05) is 24.6 Å². The number of carbonyl (C=O) groups excluding carboxylic acids is 2. The Labute approximate surface area is 152 Å². The Kier molecular flexibility index (Phi) is 6.06. The van der Waals surface area contributed by atoms with Crippen molar-refractivity contribution in [1.82, 2.24) is 10.2 Å². The van der Waals surface area contributed by atoms with Gasteiger partial charge in [0.1, 0.15) is 0 Å². The van der Waals surface area contributed by atoms with Gasteiger partial charge in [0.25, 0.3) is 0 Å². The average Bonchev–Trinajstić information content (AvgIpc) is 3.29. The molecule has 4 nitrogen and oxygen atoms in total. The molecule has 130 valence electrons. The number of likely N-dealkylation sites (tertiary alicyclic amines) is 1. The molecule has 1 atom stereocenters. The molecule has 6 heteroatoms. The van der Waals surface area contributed by atoms with Crippen LogP contribution in [0.4, 0.5) is 0 Å². The molecule has 0 spiro atoms. The molecule has 2 amide bonds. The first-order valence-corrected chi connectivity index (χ1v) is 10.0. The van der Waals surface area contributed by atoms with Crippen molar-refractivity contribution in [1.29, 1.82) is 0 Å². The van der Waals surface area contributed by atoms with Crippen molar-refractivity contribution in [2.24, 2.45) is 5.92 Å². The van der Waals surface area contributed by atoms with Crippen LogP contribution < -0.4 is 5.32 Å². The predicted octanol–water partition coefficient (Wildman–Crippen LogP) is 2.74. The van der Waals surface area contributed by atoms with E-state index in [4.69, 9.17) is 11.6 Å². The van der Waals surface area contributed by atoms with Crippen LogP contribution in [0.1, 0.15) is 24.8 Å². The summed E-state index contributed by atoms with van der Waals surface area (Å²) in [7, 11) is 0. The number of amides is 2. The van der Waals surface area contributed by atoms with Crippen LogP contribution >= 0.6 is 23.4 Å². The molecule has 1 N–H and O–H groups in total. The molecule has 1 unspecified atom stereocenters. The van der Waals surface area contributed by atoms with Crippen LogP contribution in [0.5, 0.6) is 0 Å². The maximum absolute atomic E-state index is 12.1. The van der Waals surface area contributed by atoms with Gasteiger partial charge in [0, 0.05) is 24.5 Å². The van der Waals surface area contributed by atoms with E-state index in [1.165, 1.54) is 12.8 Å². The summed E-state index contributed by atoms with van der Waals surface area (Å²) >= 11 is 7.69. The minimum atomic E-state index is -0.0501. The maximum Gasteiger partial charge on any atom is 0.230 e. The number of hydrogen-bond donors (Lipinski definition) is 1. The Hall–Kier alpha value is -1.20. The van der Waals surface area contributed by atoms with Gasteiger partial charge in [-0.3, -0.25) is 9.59 Å². The van der Waals surface area contributed by atoms with E-state index in [0.29, 0.717) is 30.3 Å². The highest BCUT2D eigenvalue weighted by Crippen LogP contribution is 2.32. The molecule has 1 aromatic carbocycles. The molecule has 1 heterocycles. The van der Waals surface area contributed by atoms with Gasteiger partial charge in [-0.1, -0.05) is 23.7 Å². The fraction of sp³-hybridized carbons (Fsp3) is 0.556. The molecule has 0 radical (unpaired) electrons. The van der Waals surface area contributed by atoms with E-state index in [2.05, 4.69) is 5.32 Å². The van der Waals surface area contributed by atoms with Crippen LogP contribution in [-0.4, -0.2) is 47.4 Å². The number of halogens is 1. The summed E-state index contributed by atoms with van der Waals surface area (Å²) in [6.07, 6.45) is 3.82. The fourth-order valence-corrected chi connectivity index (χ4v) is 4.18. The first-order chi connectivity index (χ1) is 11.6. The molecular formula is C18H23ClN2O2S. The number of hydrogen-bond acceptors (Lipinski definition) is 3. The molecule has 1 saturated carbocycles. The molecule has 24 heavy (non-hydrogen) atoms. The van der Waals surface area contributed by atoms with Gasteiger partial charge >= 0.3 is 0 Å². The summed E-state index contributed by atoms with van der Waals surface area (Å²) in [5.74, 6) is 2.59. The molecule has 1 aliphatic carbocycles. The van der Waals surface area contributed by atoms with Crippen molar-refractivity contribution in [3.05, 3.63) is 34.9 Å². The topological polar surface area (TPSA) is 49.4 Å². The van der Waals surface area contributed by atoms with Crippen molar-refractivity contribution in [3.8, 4) is 0 Å². The van der Waals surface area contributed by atoms with E-state index in [9.17, 15) is 9.59 Å². The summed E-state index contributed by atoms with van der Waals surface area (Å²) < 4.78 is 0. The lowest BCUT2D eigenvalue weighted by molar-refractivity contribution is -0.127. The van der Waals surface area contributed by atoms with Crippen molar-refractivity contribution in [2.45, 2.75) is 31.7 Å². The summed E-state index contributed by atoms with van der Waals surface area (Å²) in [5, 5.41) is 3.71. The van der Waals surface area contributed by atoms with Crippen molar-refractivity contribution in [3.63, 3.8) is 0 Å². The van der Waals surface area contributed by atoms with Gasteiger partial charge in [0.2, 0.25) is 11.8 Å². The second-order valence-corrected chi connectivity index (χ2v) is 8.11. The SMILES string of the molecule is O=C(CSCC1CC1)NC1CC(=O)N(CCc2cccc(Cl)c2)C1. The van der Waals surface area contributed by atoms with E-state index in [0.717, 1.165) is 23.7 Å². The standard InChI is InChI=1S/C18H23ClN2O2S/c19-15-3-1-2-13(8-15)6-7-21-10-16(9-18(21)23)20-17(22)12-24-11-14-4-5-14/h1-3,8,14,16H,4-7,9-12H2,(H,20,22). The largest absolute Gasteiger partial charge is 0.350 e. The van der Waals surface area contributed by atoms with E-state index >= 15 is 0 Å². The van der Waals surface area contributed by atoms with Crippen LogP contribution in [-0.2, 0) is 16.0 Å². The first-order valence-electron chi connectivity index (χ1n) is 8.49. The van der Waals surface area contributed by atoms with Gasteiger partial charge in [-0.25, -0.2) is 0 Å². The molecule has 3 rings (SSSR count). The van der Waals surface area contributed by atoms with Crippen molar-refractivity contribution >= 4 is 35.2 Å². The smallest absolute Gasteiger partial charge is 0.230 e. The number of benzene rings is 1. The summed E-state index contributed by atoms with van der Waals surface area (Å²) in [5.41, 5.74) is 1.12. The average molecular weight is 367 g/mol. The zero-order chi connectivity index (χ0) is 16.9. The van der Waals surface area contributed by atoms with Gasteiger partial charge in [0.15, 0.2) is 0 Å². The number of carbonyl (C=O) groups is 2. The highest BCUT2D eigenvalue weighted by molar-refractivity contribution is 7.99. The lowest BCUT2D eigenvalue weighted by Crippen LogP contribution is -2.38. The maximum atomic E-state index is 12.1.